The monoisotopic (exact) mass is 249 g/mol. The Labute approximate surface area is 102 Å². The summed E-state index contributed by atoms with van der Waals surface area (Å²) in [5.41, 5.74) is 4.91. The minimum Gasteiger partial charge on any atom is -0.368 e. The molecule has 0 spiro atoms. The molecule has 1 aliphatic rings. The van der Waals surface area contributed by atoms with Crippen LogP contribution in [0.2, 0.25) is 0 Å². The lowest BCUT2D eigenvalue weighted by Crippen LogP contribution is -2.58. The molecule has 1 unspecified atom stereocenters. The molecule has 1 rings (SSSR count). The maximum Gasteiger partial charge on any atom is 0.240 e. The SMILES string of the molecule is CC(C)(C)C(NC(=O)C1CNC1)C(N)=O.Cl. The van der Waals surface area contributed by atoms with Crippen LogP contribution < -0.4 is 16.4 Å². The highest BCUT2D eigenvalue weighted by Crippen LogP contribution is 2.19. The Morgan fingerprint density at radius 3 is 2.12 bits per heavy atom. The van der Waals surface area contributed by atoms with Crippen LogP contribution in [0.4, 0.5) is 0 Å². The maximum absolute atomic E-state index is 11.6. The fourth-order valence-electron chi connectivity index (χ4n) is 1.45. The smallest absolute Gasteiger partial charge is 0.240 e. The van der Waals surface area contributed by atoms with E-state index in [9.17, 15) is 9.59 Å². The average molecular weight is 250 g/mol. The molecule has 0 aromatic carbocycles. The van der Waals surface area contributed by atoms with Crippen LogP contribution in [0.1, 0.15) is 20.8 Å². The second-order valence-corrected chi connectivity index (χ2v) is 5.07. The van der Waals surface area contributed by atoms with E-state index in [4.69, 9.17) is 5.73 Å². The van der Waals surface area contributed by atoms with Crippen LogP contribution in [0.3, 0.4) is 0 Å². The topological polar surface area (TPSA) is 84.2 Å². The van der Waals surface area contributed by atoms with Gasteiger partial charge in [0.2, 0.25) is 11.8 Å². The van der Waals surface area contributed by atoms with Crippen LogP contribution in [0, 0.1) is 11.3 Å². The molecule has 0 aromatic rings. The fourth-order valence-corrected chi connectivity index (χ4v) is 1.45. The average Bonchev–Trinajstić information content (AvgIpc) is 1.93. The number of hydrogen-bond donors (Lipinski definition) is 3. The molecular weight excluding hydrogens is 230 g/mol. The van der Waals surface area contributed by atoms with Crippen LogP contribution in [0.5, 0.6) is 0 Å². The third-order valence-electron chi connectivity index (χ3n) is 2.59. The van der Waals surface area contributed by atoms with E-state index in [2.05, 4.69) is 10.6 Å². The molecule has 1 aliphatic heterocycles. The predicted molar refractivity (Wildman–Crippen MR) is 64.2 cm³/mol. The molecule has 2 amide bonds. The van der Waals surface area contributed by atoms with Crippen molar-refractivity contribution < 1.29 is 9.59 Å². The van der Waals surface area contributed by atoms with Gasteiger partial charge in [0.25, 0.3) is 0 Å². The number of primary amides is 1. The Morgan fingerprint density at radius 1 is 1.38 bits per heavy atom. The molecule has 0 aliphatic carbocycles. The van der Waals surface area contributed by atoms with E-state index in [-0.39, 0.29) is 29.6 Å². The second kappa shape index (κ2) is 5.50. The first-order valence-electron chi connectivity index (χ1n) is 5.13. The first-order chi connectivity index (χ1) is 6.82. The largest absolute Gasteiger partial charge is 0.368 e. The van der Waals surface area contributed by atoms with Crippen molar-refractivity contribution in [2.45, 2.75) is 26.8 Å². The van der Waals surface area contributed by atoms with Crippen LogP contribution in [-0.2, 0) is 9.59 Å². The summed E-state index contributed by atoms with van der Waals surface area (Å²) in [6, 6.07) is -0.606. The molecule has 0 saturated carbocycles. The first kappa shape index (κ1) is 15.2. The van der Waals surface area contributed by atoms with Crippen molar-refractivity contribution in [2.24, 2.45) is 17.1 Å². The maximum atomic E-state index is 11.6. The van der Waals surface area contributed by atoms with Gasteiger partial charge in [-0.1, -0.05) is 20.8 Å². The predicted octanol–water partition coefficient (Wildman–Crippen LogP) is -0.356. The van der Waals surface area contributed by atoms with Crippen molar-refractivity contribution in [3.63, 3.8) is 0 Å². The lowest BCUT2D eigenvalue weighted by molar-refractivity contribution is -0.133. The zero-order valence-corrected chi connectivity index (χ0v) is 10.7. The van der Waals surface area contributed by atoms with Crippen molar-refractivity contribution in [3.8, 4) is 0 Å². The van der Waals surface area contributed by atoms with E-state index in [1.54, 1.807) is 0 Å². The zero-order valence-electron chi connectivity index (χ0n) is 9.87. The van der Waals surface area contributed by atoms with Gasteiger partial charge in [-0.05, 0) is 5.41 Å². The second-order valence-electron chi connectivity index (χ2n) is 5.07. The summed E-state index contributed by atoms with van der Waals surface area (Å²) in [6.07, 6.45) is 0. The van der Waals surface area contributed by atoms with Crippen LogP contribution in [0.25, 0.3) is 0 Å². The van der Waals surface area contributed by atoms with Gasteiger partial charge in [-0.2, -0.15) is 0 Å². The zero-order chi connectivity index (χ0) is 11.6. The van der Waals surface area contributed by atoms with Gasteiger partial charge in [0.05, 0.1) is 5.92 Å². The Bertz CT molecular complexity index is 272. The third kappa shape index (κ3) is 3.64. The van der Waals surface area contributed by atoms with Crippen LogP contribution >= 0.6 is 12.4 Å². The van der Waals surface area contributed by atoms with Gasteiger partial charge in [-0.15, -0.1) is 12.4 Å². The van der Waals surface area contributed by atoms with Gasteiger partial charge in [-0.3, -0.25) is 9.59 Å². The van der Waals surface area contributed by atoms with Gasteiger partial charge >= 0.3 is 0 Å². The van der Waals surface area contributed by atoms with Gasteiger partial charge < -0.3 is 16.4 Å². The highest BCUT2D eigenvalue weighted by atomic mass is 35.5. The summed E-state index contributed by atoms with van der Waals surface area (Å²) in [5, 5.41) is 5.71. The van der Waals surface area contributed by atoms with E-state index in [1.807, 2.05) is 20.8 Å². The van der Waals surface area contributed by atoms with E-state index in [0.717, 1.165) is 0 Å². The molecule has 16 heavy (non-hydrogen) atoms. The molecule has 0 bridgehead atoms. The minimum absolute atomic E-state index is 0. The number of carbonyl (C=O) groups excluding carboxylic acids is 2. The highest BCUT2D eigenvalue weighted by molar-refractivity contribution is 5.88. The van der Waals surface area contributed by atoms with Crippen molar-refractivity contribution in [2.75, 3.05) is 13.1 Å². The van der Waals surface area contributed by atoms with E-state index in [0.29, 0.717) is 13.1 Å². The van der Waals surface area contributed by atoms with Gasteiger partial charge in [0, 0.05) is 13.1 Å². The minimum atomic E-state index is -0.606. The van der Waals surface area contributed by atoms with Crippen molar-refractivity contribution in [1.29, 1.82) is 0 Å². The summed E-state index contributed by atoms with van der Waals surface area (Å²) in [7, 11) is 0. The number of carbonyl (C=O) groups is 2. The number of rotatable bonds is 3. The summed E-state index contributed by atoms with van der Waals surface area (Å²) in [6.45, 7) is 6.99. The van der Waals surface area contributed by atoms with E-state index < -0.39 is 11.9 Å². The normalized spacial score (nSPS) is 17.9. The quantitative estimate of drug-likeness (QED) is 0.639. The summed E-state index contributed by atoms with van der Waals surface area (Å²) in [5.74, 6) is -0.593. The summed E-state index contributed by atoms with van der Waals surface area (Å²) >= 11 is 0. The third-order valence-corrected chi connectivity index (χ3v) is 2.59. The molecule has 1 atom stereocenters. The van der Waals surface area contributed by atoms with Crippen molar-refractivity contribution in [1.82, 2.24) is 10.6 Å². The molecule has 94 valence electrons. The Morgan fingerprint density at radius 2 is 1.88 bits per heavy atom. The Hall–Kier alpha value is -0.810. The lowest BCUT2D eigenvalue weighted by Gasteiger charge is -2.32. The number of nitrogens with two attached hydrogens (primary N) is 1. The molecule has 1 fully saturated rings. The lowest BCUT2D eigenvalue weighted by atomic mass is 9.85. The molecule has 5 nitrogen and oxygen atoms in total. The molecule has 0 aromatic heterocycles. The Kier molecular flexibility index (Phi) is 5.22. The number of halogens is 1. The van der Waals surface area contributed by atoms with Crippen molar-refractivity contribution in [3.05, 3.63) is 0 Å². The van der Waals surface area contributed by atoms with E-state index in [1.165, 1.54) is 0 Å². The van der Waals surface area contributed by atoms with E-state index >= 15 is 0 Å². The fraction of sp³-hybridized carbons (Fsp3) is 0.800. The van der Waals surface area contributed by atoms with Gasteiger partial charge in [0.15, 0.2) is 0 Å². The summed E-state index contributed by atoms with van der Waals surface area (Å²) < 4.78 is 0. The molecule has 6 heteroatoms. The number of amides is 2. The molecule has 1 heterocycles. The van der Waals surface area contributed by atoms with Crippen LogP contribution in [-0.4, -0.2) is 30.9 Å². The highest BCUT2D eigenvalue weighted by Gasteiger charge is 2.34. The molecular formula is C10H20ClN3O2. The van der Waals surface area contributed by atoms with Crippen molar-refractivity contribution >= 4 is 24.2 Å². The standard InChI is InChI=1S/C10H19N3O2.ClH/c1-10(2,3)7(8(11)14)13-9(15)6-4-12-5-6;/h6-7,12H,4-5H2,1-3H3,(H2,11,14)(H,13,15);1H. The summed E-state index contributed by atoms with van der Waals surface area (Å²) in [4.78, 5) is 22.8. The molecule has 0 radical (unpaired) electrons. The van der Waals surface area contributed by atoms with Gasteiger partial charge in [0.1, 0.15) is 6.04 Å². The first-order valence-corrected chi connectivity index (χ1v) is 5.13. The number of hydrogen-bond acceptors (Lipinski definition) is 3. The van der Waals surface area contributed by atoms with Gasteiger partial charge in [-0.25, -0.2) is 0 Å². The molecule has 4 N–H and O–H groups in total. The molecule has 1 saturated heterocycles. The number of nitrogens with one attached hydrogen (secondary N) is 2. The Balaban J connectivity index is 0.00000225. The van der Waals surface area contributed by atoms with Crippen LogP contribution in [0.15, 0.2) is 0 Å².